The van der Waals surface area contributed by atoms with Gasteiger partial charge in [-0.3, -0.25) is 9.69 Å². The van der Waals surface area contributed by atoms with E-state index in [4.69, 9.17) is 4.99 Å². The topological polar surface area (TPSA) is 61.4 Å². The zero-order valence-electron chi connectivity index (χ0n) is 20.5. The van der Waals surface area contributed by atoms with Crippen LogP contribution in [0, 0.1) is 25.2 Å². The third-order valence-electron chi connectivity index (χ3n) is 6.37. The molecule has 0 radical (unpaired) electrons. The molecule has 1 amide bonds. The molecule has 4 aromatic rings. The summed E-state index contributed by atoms with van der Waals surface area (Å²) in [6, 6.07) is 24.3. The lowest BCUT2D eigenvalue weighted by Crippen LogP contribution is -2.28. The Balaban J connectivity index is 1.54. The maximum atomic E-state index is 13.3. The number of nitriles is 1. The number of rotatable bonds is 5. The number of aromatic nitrogens is 1. The summed E-state index contributed by atoms with van der Waals surface area (Å²) in [4.78, 5) is 20.6. The summed E-state index contributed by atoms with van der Waals surface area (Å²) in [6.07, 6.45) is 4.03. The van der Waals surface area contributed by atoms with Crippen molar-refractivity contribution in [2.45, 2.75) is 27.3 Å². The van der Waals surface area contributed by atoms with E-state index in [2.05, 4.69) is 47.2 Å². The second kappa shape index (κ2) is 9.88. The number of benzene rings is 3. The second-order valence-electron chi connectivity index (χ2n) is 8.84. The number of amides is 1. The van der Waals surface area contributed by atoms with Gasteiger partial charge >= 0.3 is 0 Å². The van der Waals surface area contributed by atoms with E-state index in [9.17, 15) is 10.1 Å². The van der Waals surface area contributed by atoms with Crippen LogP contribution in [0.4, 0.5) is 5.69 Å². The zero-order valence-corrected chi connectivity index (χ0v) is 21.3. The van der Waals surface area contributed by atoms with Gasteiger partial charge in [-0.05, 0) is 73.5 Å². The van der Waals surface area contributed by atoms with Gasteiger partial charge in [0, 0.05) is 35.8 Å². The number of hydrogen-bond acceptors (Lipinski definition) is 4. The van der Waals surface area contributed by atoms with Gasteiger partial charge in [-0.1, -0.05) is 48.5 Å². The second-order valence-corrected chi connectivity index (χ2v) is 9.85. The minimum atomic E-state index is -0.0294. The molecule has 5 nitrogen and oxygen atoms in total. The van der Waals surface area contributed by atoms with Crippen LogP contribution in [0.5, 0.6) is 0 Å². The van der Waals surface area contributed by atoms with Crippen molar-refractivity contribution < 1.29 is 4.79 Å². The molecule has 1 aliphatic heterocycles. The number of aliphatic imine (C=N–C) groups is 1. The van der Waals surface area contributed by atoms with Crippen LogP contribution < -0.4 is 0 Å². The first kappa shape index (κ1) is 23.7. The lowest BCUT2D eigenvalue weighted by molar-refractivity contribution is -0.122. The van der Waals surface area contributed by atoms with Gasteiger partial charge in [-0.25, -0.2) is 4.99 Å². The van der Waals surface area contributed by atoms with Crippen molar-refractivity contribution in [1.29, 1.82) is 5.26 Å². The van der Waals surface area contributed by atoms with E-state index in [1.165, 1.54) is 11.8 Å². The molecule has 0 atom stereocenters. The van der Waals surface area contributed by atoms with Gasteiger partial charge < -0.3 is 4.57 Å². The van der Waals surface area contributed by atoms with Gasteiger partial charge in [-0.2, -0.15) is 5.26 Å². The van der Waals surface area contributed by atoms with Crippen molar-refractivity contribution in [3.63, 3.8) is 0 Å². The summed E-state index contributed by atoms with van der Waals surface area (Å²) in [5.41, 5.74) is 6.77. The Hall–Kier alpha value is -4.08. The van der Waals surface area contributed by atoms with E-state index < -0.39 is 0 Å². The molecule has 3 aromatic carbocycles. The van der Waals surface area contributed by atoms with E-state index in [1.807, 2.05) is 63.2 Å². The molecule has 178 valence electrons. The quantitative estimate of drug-likeness (QED) is 0.289. The number of carbonyl (C=O) groups is 1. The summed E-state index contributed by atoms with van der Waals surface area (Å²) in [5, 5.41) is 11.3. The van der Waals surface area contributed by atoms with Crippen LogP contribution in [0.2, 0.25) is 0 Å². The summed E-state index contributed by atoms with van der Waals surface area (Å²) in [6.45, 7) is 7.18. The number of hydrogen-bond donors (Lipinski definition) is 0. The number of likely N-dealkylation sites (N-methyl/N-ethyl adjacent to an activating group) is 1. The van der Waals surface area contributed by atoms with E-state index in [0.29, 0.717) is 28.7 Å². The monoisotopic (exact) mass is 490 g/mol. The number of fused-ring (bicyclic) bond motifs is 1. The molecule has 0 N–H and O–H groups in total. The Bertz CT molecular complexity index is 1590. The number of nitrogens with zero attached hydrogens (tertiary/aromatic N) is 4. The van der Waals surface area contributed by atoms with Gasteiger partial charge in [0.15, 0.2) is 5.17 Å². The van der Waals surface area contributed by atoms with E-state index >= 15 is 0 Å². The van der Waals surface area contributed by atoms with Crippen molar-refractivity contribution in [2.75, 3.05) is 6.54 Å². The average molecular weight is 491 g/mol. The van der Waals surface area contributed by atoms with Gasteiger partial charge in [0.1, 0.15) is 0 Å². The van der Waals surface area contributed by atoms with Crippen LogP contribution in [-0.4, -0.2) is 27.1 Å². The Kier molecular flexibility index (Phi) is 6.49. The normalized spacial score (nSPS) is 15.8. The summed E-state index contributed by atoms with van der Waals surface area (Å²) < 4.78 is 2.14. The predicted octanol–water partition coefficient (Wildman–Crippen LogP) is 6.80. The third kappa shape index (κ3) is 4.46. The van der Waals surface area contributed by atoms with Crippen LogP contribution in [0.25, 0.3) is 17.0 Å². The number of carbonyl (C=O) groups excluding carboxylic acids is 1. The lowest BCUT2D eigenvalue weighted by atomic mass is 10.1. The SMILES string of the molecule is CCN1C(=O)/C(=C\c2cn(Cc3ccccc3C#N)c3ccccc23)SC1=Nc1cc(C)ccc1C. The molecule has 6 heteroatoms. The highest BCUT2D eigenvalue weighted by Gasteiger charge is 2.32. The fourth-order valence-corrected chi connectivity index (χ4v) is 5.47. The first-order valence-corrected chi connectivity index (χ1v) is 12.7. The first-order chi connectivity index (χ1) is 17.5. The molecule has 0 aliphatic carbocycles. The van der Waals surface area contributed by atoms with Crippen molar-refractivity contribution >= 4 is 45.5 Å². The molecule has 0 bridgehead atoms. The van der Waals surface area contributed by atoms with Crippen LogP contribution >= 0.6 is 11.8 Å². The molecule has 1 saturated heterocycles. The molecule has 2 heterocycles. The fourth-order valence-electron chi connectivity index (χ4n) is 4.43. The number of aryl methyl sites for hydroxylation is 2. The molecule has 0 spiro atoms. The van der Waals surface area contributed by atoms with Gasteiger partial charge in [0.2, 0.25) is 0 Å². The minimum absolute atomic E-state index is 0.0294. The smallest absolute Gasteiger partial charge is 0.266 e. The highest BCUT2D eigenvalue weighted by atomic mass is 32.2. The molecule has 1 aromatic heterocycles. The standard InChI is InChI=1S/C30H26N4OS/c1-4-34-29(35)28(36-30(34)32-26-15-20(2)13-14-21(26)3)16-24-19-33(27-12-8-7-11-25(24)27)18-23-10-6-5-9-22(23)17-31/h5-16,19H,4,18H2,1-3H3/b28-16+,32-30?. The lowest BCUT2D eigenvalue weighted by Gasteiger charge is -2.12. The molecule has 1 fully saturated rings. The minimum Gasteiger partial charge on any atom is -0.342 e. The van der Waals surface area contributed by atoms with Crippen LogP contribution in [0.3, 0.4) is 0 Å². The van der Waals surface area contributed by atoms with E-state index in [-0.39, 0.29) is 5.91 Å². The molecular formula is C30H26N4OS. The summed E-state index contributed by atoms with van der Waals surface area (Å²) in [7, 11) is 0. The fraction of sp³-hybridized carbons (Fsp3) is 0.167. The number of para-hydroxylation sites is 1. The number of thioether (sulfide) groups is 1. The van der Waals surface area contributed by atoms with Crippen molar-refractivity contribution in [3.8, 4) is 6.07 Å². The number of amidine groups is 1. The molecule has 0 saturated carbocycles. The maximum Gasteiger partial charge on any atom is 0.266 e. The molecule has 5 rings (SSSR count). The Morgan fingerprint density at radius 3 is 2.64 bits per heavy atom. The van der Waals surface area contributed by atoms with Crippen LogP contribution in [0.15, 0.2) is 82.8 Å². The molecule has 36 heavy (non-hydrogen) atoms. The Morgan fingerprint density at radius 2 is 1.83 bits per heavy atom. The van der Waals surface area contributed by atoms with Crippen molar-refractivity contribution in [3.05, 3.63) is 106 Å². The largest absolute Gasteiger partial charge is 0.342 e. The summed E-state index contributed by atoms with van der Waals surface area (Å²) in [5.74, 6) is -0.0294. The first-order valence-electron chi connectivity index (χ1n) is 11.9. The van der Waals surface area contributed by atoms with Crippen LogP contribution in [-0.2, 0) is 11.3 Å². The van der Waals surface area contributed by atoms with Crippen molar-refractivity contribution in [1.82, 2.24) is 9.47 Å². The van der Waals surface area contributed by atoms with E-state index in [1.54, 1.807) is 4.90 Å². The van der Waals surface area contributed by atoms with Gasteiger partial charge in [-0.15, -0.1) is 0 Å². The average Bonchev–Trinajstić information content (AvgIpc) is 3.38. The highest BCUT2D eigenvalue weighted by molar-refractivity contribution is 8.18. The van der Waals surface area contributed by atoms with Crippen LogP contribution in [0.1, 0.15) is 34.7 Å². The highest BCUT2D eigenvalue weighted by Crippen LogP contribution is 2.36. The van der Waals surface area contributed by atoms with E-state index in [0.717, 1.165) is 38.8 Å². The maximum absolute atomic E-state index is 13.3. The molecule has 0 unspecified atom stereocenters. The molecule has 1 aliphatic rings. The van der Waals surface area contributed by atoms with Gasteiger partial charge in [0.05, 0.1) is 22.2 Å². The summed E-state index contributed by atoms with van der Waals surface area (Å²) >= 11 is 1.42. The Labute approximate surface area is 215 Å². The predicted molar refractivity (Wildman–Crippen MR) is 148 cm³/mol. The van der Waals surface area contributed by atoms with Crippen molar-refractivity contribution in [2.24, 2.45) is 4.99 Å². The van der Waals surface area contributed by atoms with Gasteiger partial charge in [0.25, 0.3) is 5.91 Å². The zero-order chi connectivity index (χ0) is 25.2. The molecular weight excluding hydrogens is 464 g/mol. The Morgan fingerprint density at radius 1 is 1.06 bits per heavy atom. The third-order valence-corrected chi connectivity index (χ3v) is 7.38.